The average molecular weight is 338 g/mol. The standard InChI is InChI=1S/C13H17F3N2O3S/c1-9-6-10(13(14,15)16)2-3-12(9)22(19,20)18-4-5-21-11(7-17)8-18/h2-3,6,11H,4-5,7-8,17H2,1H3. The van der Waals surface area contributed by atoms with E-state index in [1.54, 1.807) is 0 Å². The van der Waals surface area contributed by atoms with Crippen LogP contribution in [0.15, 0.2) is 23.1 Å². The second-order valence-corrected chi connectivity index (χ2v) is 6.98. The predicted octanol–water partition coefficient (Wildman–Crippen LogP) is 1.36. The van der Waals surface area contributed by atoms with Crippen LogP contribution in [-0.4, -0.2) is 45.1 Å². The van der Waals surface area contributed by atoms with Crippen LogP contribution in [-0.2, 0) is 20.9 Å². The van der Waals surface area contributed by atoms with E-state index < -0.39 is 27.9 Å². The van der Waals surface area contributed by atoms with Crippen molar-refractivity contribution in [3.05, 3.63) is 29.3 Å². The third kappa shape index (κ3) is 3.43. The van der Waals surface area contributed by atoms with Gasteiger partial charge in [0.1, 0.15) is 0 Å². The summed E-state index contributed by atoms with van der Waals surface area (Å²) >= 11 is 0. The molecule has 1 heterocycles. The molecule has 1 saturated heterocycles. The number of ether oxygens (including phenoxy) is 1. The van der Waals surface area contributed by atoms with Crippen LogP contribution in [0.2, 0.25) is 0 Å². The summed E-state index contributed by atoms with van der Waals surface area (Å²) < 4.78 is 69.6. The SMILES string of the molecule is Cc1cc(C(F)(F)F)ccc1S(=O)(=O)N1CCOC(CN)C1. The lowest BCUT2D eigenvalue weighted by Crippen LogP contribution is -2.48. The molecule has 1 aliphatic rings. The molecule has 1 fully saturated rings. The molecule has 0 amide bonds. The Kier molecular flexibility index (Phi) is 4.81. The van der Waals surface area contributed by atoms with Crippen molar-refractivity contribution in [2.75, 3.05) is 26.2 Å². The predicted molar refractivity (Wildman–Crippen MR) is 73.7 cm³/mol. The normalized spacial score (nSPS) is 21.0. The second-order valence-electron chi connectivity index (χ2n) is 5.07. The van der Waals surface area contributed by atoms with Gasteiger partial charge in [0.05, 0.1) is 23.2 Å². The van der Waals surface area contributed by atoms with Crippen molar-refractivity contribution < 1.29 is 26.3 Å². The van der Waals surface area contributed by atoms with Crippen molar-refractivity contribution in [1.82, 2.24) is 4.31 Å². The highest BCUT2D eigenvalue weighted by Gasteiger charge is 2.34. The Morgan fingerprint density at radius 3 is 2.64 bits per heavy atom. The third-order valence-electron chi connectivity index (χ3n) is 3.48. The lowest BCUT2D eigenvalue weighted by atomic mass is 10.1. The number of hydrogen-bond acceptors (Lipinski definition) is 4. The van der Waals surface area contributed by atoms with Gasteiger partial charge >= 0.3 is 6.18 Å². The van der Waals surface area contributed by atoms with Crippen molar-refractivity contribution in [2.45, 2.75) is 24.1 Å². The van der Waals surface area contributed by atoms with Gasteiger partial charge in [0.25, 0.3) is 0 Å². The van der Waals surface area contributed by atoms with Gasteiger partial charge in [-0.3, -0.25) is 0 Å². The number of aryl methyl sites for hydroxylation is 1. The van der Waals surface area contributed by atoms with E-state index >= 15 is 0 Å². The molecule has 124 valence electrons. The summed E-state index contributed by atoms with van der Waals surface area (Å²) in [6.07, 6.45) is -4.91. The Bertz CT molecular complexity index is 646. The van der Waals surface area contributed by atoms with Gasteiger partial charge in [0, 0.05) is 19.6 Å². The smallest absolute Gasteiger partial charge is 0.374 e. The van der Waals surface area contributed by atoms with Crippen LogP contribution in [0.3, 0.4) is 0 Å². The molecular formula is C13H17F3N2O3S. The number of sulfonamides is 1. The Hall–Kier alpha value is -1.16. The molecule has 0 aliphatic carbocycles. The first-order chi connectivity index (χ1) is 10.2. The highest BCUT2D eigenvalue weighted by Crippen LogP contribution is 2.32. The van der Waals surface area contributed by atoms with Gasteiger partial charge in [0.15, 0.2) is 0 Å². The van der Waals surface area contributed by atoms with Crippen molar-refractivity contribution in [1.29, 1.82) is 0 Å². The molecule has 1 unspecified atom stereocenters. The molecule has 1 aliphatic heterocycles. The molecule has 0 aromatic heterocycles. The van der Waals surface area contributed by atoms with Gasteiger partial charge in [-0.1, -0.05) is 0 Å². The first-order valence-corrected chi connectivity index (χ1v) is 8.10. The Balaban J connectivity index is 2.34. The number of nitrogens with two attached hydrogens (primary N) is 1. The van der Waals surface area contributed by atoms with Crippen molar-refractivity contribution >= 4 is 10.0 Å². The maximum Gasteiger partial charge on any atom is 0.416 e. The summed E-state index contributed by atoms with van der Waals surface area (Å²) in [5.74, 6) is 0. The van der Waals surface area contributed by atoms with Gasteiger partial charge in [-0.05, 0) is 30.7 Å². The molecule has 5 nitrogen and oxygen atoms in total. The van der Waals surface area contributed by atoms with Crippen molar-refractivity contribution in [3.63, 3.8) is 0 Å². The van der Waals surface area contributed by atoms with E-state index in [-0.39, 0.29) is 36.7 Å². The Morgan fingerprint density at radius 2 is 2.09 bits per heavy atom. The summed E-state index contributed by atoms with van der Waals surface area (Å²) in [6.45, 7) is 1.99. The first kappa shape index (κ1) is 17.2. The molecule has 2 N–H and O–H groups in total. The maximum absolute atomic E-state index is 12.7. The van der Waals surface area contributed by atoms with E-state index in [2.05, 4.69) is 0 Å². The molecule has 9 heteroatoms. The van der Waals surface area contributed by atoms with E-state index in [0.29, 0.717) is 0 Å². The number of morpholine rings is 1. The zero-order chi connectivity index (χ0) is 16.5. The van der Waals surface area contributed by atoms with Gasteiger partial charge in [0.2, 0.25) is 10.0 Å². The number of benzene rings is 1. The monoisotopic (exact) mass is 338 g/mol. The van der Waals surface area contributed by atoms with Gasteiger partial charge in [-0.25, -0.2) is 8.42 Å². The fourth-order valence-corrected chi connectivity index (χ4v) is 3.97. The minimum Gasteiger partial charge on any atom is -0.374 e. The van der Waals surface area contributed by atoms with Gasteiger partial charge in [-0.2, -0.15) is 17.5 Å². The lowest BCUT2D eigenvalue weighted by Gasteiger charge is -2.31. The van der Waals surface area contributed by atoms with Crippen molar-refractivity contribution in [3.8, 4) is 0 Å². The third-order valence-corrected chi connectivity index (χ3v) is 5.51. The average Bonchev–Trinajstić information content (AvgIpc) is 2.46. The van der Waals surface area contributed by atoms with Crippen LogP contribution < -0.4 is 5.73 Å². The molecule has 22 heavy (non-hydrogen) atoms. The lowest BCUT2D eigenvalue weighted by molar-refractivity contribution is -0.137. The highest BCUT2D eigenvalue weighted by atomic mass is 32.2. The Labute approximate surface area is 126 Å². The minimum absolute atomic E-state index is 0.0608. The molecule has 0 bridgehead atoms. The van der Waals surface area contributed by atoms with E-state index in [1.165, 1.54) is 11.2 Å². The molecule has 0 spiro atoms. The molecule has 2 rings (SSSR count). The molecular weight excluding hydrogens is 321 g/mol. The fraction of sp³-hybridized carbons (Fsp3) is 0.538. The zero-order valence-electron chi connectivity index (χ0n) is 11.9. The number of hydrogen-bond donors (Lipinski definition) is 1. The molecule has 0 saturated carbocycles. The number of rotatable bonds is 3. The van der Waals surface area contributed by atoms with E-state index in [1.807, 2.05) is 0 Å². The number of alkyl halides is 3. The molecule has 1 atom stereocenters. The summed E-state index contributed by atoms with van der Waals surface area (Å²) in [5.41, 5.74) is 4.66. The number of halogens is 3. The summed E-state index contributed by atoms with van der Waals surface area (Å²) in [6, 6.07) is 2.62. The first-order valence-electron chi connectivity index (χ1n) is 6.66. The van der Waals surface area contributed by atoms with Crippen molar-refractivity contribution in [2.24, 2.45) is 5.73 Å². The Morgan fingerprint density at radius 1 is 1.41 bits per heavy atom. The van der Waals surface area contributed by atoms with E-state index in [9.17, 15) is 21.6 Å². The molecule has 0 radical (unpaired) electrons. The van der Waals surface area contributed by atoms with Gasteiger partial charge < -0.3 is 10.5 Å². The molecule has 1 aromatic rings. The molecule has 1 aromatic carbocycles. The van der Waals surface area contributed by atoms with Crippen LogP contribution in [0.1, 0.15) is 11.1 Å². The largest absolute Gasteiger partial charge is 0.416 e. The maximum atomic E-state index is 12.7. The van der Waals surface area contributed by atoms with Crippen LogP contribution in [0, 0.1) is 6.92 Å². The summed E-state index contributed by atoms with van der Waals surface area (Å²) in [4.78, 5) is -0.127. The minimum atomic E-state index is -4.50. The van der Waals surface area contributed by atoms with E-state index in [0.717, 1.165) is 18.2 Å². The van der Waals surface area contributed by atoms with Gasteiger partial charge in [-0.15, -0.1) is 0 Å². The quantitative estimate of drug-likeness (QED) is 0.903. The van der Waals surface area contributed by atoms with E-state index in [4.69, 9.17) is 10.5 Å². The summed E-state index contributed by atoms with van der Waals surface area (Å²) in [5, 5.41) is 0. The second kappa shape index (κ2) is 6.15. The summed E-state index contributed by atoms with van der Waals surface area (Å²) in [7, 11) is -3.87. The number of nitrogens with zero attached hydrogens (tertiary/aromatic N) is 1. The van der Waals surface area contributed by atoms with Crippen LogP contribution in [0.25, 0.3) is 0 Å². The van der Waals surface area contributed by atoms with Crippen LogP contribution in [0.4, 0.5) is 13.2 Å². The van der Waals surface area contributed by atoms with Crippen LogP contribution in [0.5, 0.6) is 0 Å². The fourth-order valence-electron chi connectivity index (χ4n) is 2.31. The topological polar surface area (TPSA) is 72.6 Å². The zero-order valence-corrected chi connectivity index (χ0v) is 12.7. The van der Waals surface area contributed by atoms with Crippen LogP contribution >= 0.6 is 0 Å². The highest BCUT2D eigenvalue weighted by molar-refractivity contribution is 7.89.